The van der Waals surface area contributed by atoms with Crippen molar-refractivity contribution in [3.05, 3.63) is 91.0 Å². The number of hydrogen-bond acceptors (Lipinski definition) is 3. The van der Waals surface area contributed by atoms with Crippen LogP contribution in [0.2, 0.25) is 0 Å². The van der Waals surface area contributed by atoms with Crippen molar-refractivity contribution in [3.63, 3.8) is 0 Å². The molecule has 29 heavy (non-hydrogen) atoms. The highest BCUT2D eigenvalue weighted by Crippen LogP contribution is 2.04. The molecule has 0 atom stereocenters. The smallest absolute Gasteiger partial charge is 0.115 e. The Morgan fingerprint density at radius 3 is 0.621 bits per heavy atom. The molecule has 0 aliphatic rings. The van der Waals surface area contributed by atoms with E-state index in [9.17, 15) is 0 Å². The molecule has 0 saturated heterocycles. The average molecular weight is 401 g/mol. The summed E-state index contributed by atoms with van der Waals surface area (Å²) in [5.74, 6) is 0.965. The molecule has 0 aromatic heterocycles. The fourth-order valence-electron chi connectivity index (χ4n) is 1.28. The van der Waals surface area contributed by atoms with Gasteiger partial charge in [-0.1, -0.05) is 109 Å². The summed E-state index contributed by atoms with van der Waals surface area (Å²) >= 11 is 0. The topological polar surface area (TPSA) is 60.7 Å². The van der Waals surface area contributed by atoms with Gasteiger partial charge in [-0.15, -0.1) is 0 Å². The maximum Gasteiger partial charge on any atom is 0.115 e. The van der Waals surface area contributed by atoms with E-state index in [2.05, 4.69) is 27.7 Å². The van der Waals surface area contributed by atoms with E-state index in [1.807, 2.05) is 32.0 Å². The van der Waals surface area contributed by atoms with Crippen LogP contribution in [0.15, 0.2) is 91.0 Å². The third kappa shape index (κ3) is 30.0. The molecule has 3 aromatic carbocycles. The monoisotopic (exact) mass is 400 g/mol. The maximum atomic E-state index is 8.63. The Hall–Kier alpha value is -2.94. The molecule has 0 aliphatic carbocycles. The molecule has 3 heteroatoms. The lowest BCUT2D eigenvalue weighted by molar-refractivity contribution is 0.475. The normalized spacial score (nSPS) is 7.66. The fourth-order valence-corrected chi connectivity index (χ4v) is 1.28. The second-order valence-electron chi connectivity index (χ2n) is 5.42. The molecule has 0 unspecified atom stereocenters. The van der Waals surface area contributed by atoms with Gasteiger partial charge in [0.15, 0.2) is 0 Å². The first-order valence-corrected chi connectivity index (χ1v) is 10.2. The summed E-state index contributed by atoms with van der Waals surface area (Å²) in [5, 5.41) is 25.9. The van der Waals surface area contributed by atoms with Gasteiger partial charge in [-0.05, 0) is 36.4 Å². The molecule has 0 heterocycles. The third-order valence-electron chi connectivity index (χ3n) is 2.27. The van der Waals surface area contributed by atoms with Gasteiger partial charge in [0.2, 0.25) is 0 Å². The zero-order valence-corrected chi connectivity index (χ0v) is 18.9. The summed E-state index contributed by atoms with van der Waals surface area (Å²) in [6.45, 7) is 12.5. The van der Waals surface area contributed by atoms with Crippen molar-refractivity contribution in [1.29, 1.82) is 0 Å². The van der Waals surface area contributed by atoms with Gasteiger partial charge in [0.25, 0.3) is 0 Å². The highest BCUT2D eigenvalue weighted by molar-refractivity contribution is 5.19. The molecule has 0 spiro atoms. The standard InChI is InChI=1S/3C6H6O.2C3H8.C2H6/c3*7-6-4-2-1-3-5-6;2*1-3-2;1-2/h3*1-5,7H;2*3H2,1-2H3;1-2H3. The Balaban J connectivity index is -0.000000298. The van der Waals surface area contributed by atoms with Crippen LogP contribution < -0.4 is 0 Å². The van der Waals surface area contributed by atoms with Gasteiger partial charge in [0, 0.05) is 0 Å². The van der Waals surface area contributed by atoms with E-state index in [4.69, 9.17) is 15.3 Å². The van der Waals surface area contributed by atoms with Crippen LogP contribution in [0.3, 0.4) is 0 Å². The fraction of sp³-hybridized carbons (Fsp3) is 0.308. The Kier molecular flexibility index (Phi) is 29.0. The van der Waals surface area contributed by atoms with Crippen LogP contribution in [0, 0.1) is 0 Å². The van der Waals surface area contributed by atoms with Gasteiger partial charge >= 0.3 is 0 Å². The van der Waals surface area contributed by atoms with E-state index in [0.29, 0.717) is 17.2 Å². The molecule has 162 valence electrons. The van der Waals surface area contributed by atoms with Crippen LogP contribution in [0.4, 0.5) is 0 Å². The van der Waals surface area contributed by atoms with Gasteiger partial charge in [0.05, 0.1) is 0 Å². The number of para-hydroxylation sites is 3. The number of phenolic OH excluding ortho intramolecular Hbond substituents is 3. The number of rotatable bonds is 0. The summed E-state index contributed by atoms with van der Waals surface area (Å²) in [4.78, 5) is 0. The van der Waals surface area contributed by atoms with Gasteiger partial charge < -0.3 is 15.3 Å². The lowest BCUT2D eigenvalue weighted by Crippen LogP contribution is -1.56. The zero-order chi connectivity index (χ0) is 22.8. The molecule has 3 N–H and O–H groups in total. The minimum absolute atomic E-state index is 0.322. The van der Waals surface area contributed by atoms with Gasteiger partial charge in [-0.2, -0.15) is 0 Å². The molecule has 0 bridgehead atoms. The molecule has 0 fully saturated rings. The molecular weight excluding hydrogens is 360 g/mol. The third-order valence-corrected chi connectivity index (χ3v) is 2.27. The molecule has 0 aliphatic heterocycles. The first-order chi connectivity index (χ1) is 14.0. The molecular formula is C26H40O3. The Bertz CT molecular complexity index is 520. The molecule has 0 radical (unpaired) electrons. The second-order valence-corrected chi connectivity index (χ2v) is 5.42. The quantitative estimate of drug-likeness (QED) is 0.358. The van der Waals surface area contributed by atoms with Gasteiger partial charge in [0.1, 0.15) is 17.2 Å². The summed E-state index contributed by atoms with van der Waals surface area (Å²) < 4.78 is 0. The van der Waals surface area contributed by atoms with E-state index >= 15 is 0 Å². The van der Waals surface area contributed by atoms with Crippen molar-refractivity contribution in [2.45, 2.75) is 54.4 Å². The predicted octanol–water partition coefficient (Wildman–Crippen LogP) is 8.04. The van der Waals surface area contributed by atoms with Crippen LogP contribution in [0.25, 0.3) is 0 Å². The molecule has 3 nitrogen and oxygen atoms in total. The lowest BCUT2D eigenvalue weighted by Gasteiger charge is -1.82. The minimum Gasteiger partial charge on any atom is -0.508 e. The van der Waals surface area contributed by atoms with E-state index in [0.717, 1.165) is 0 Å². The largest absolute Gasteiger partial charge is 0.508 e. The number of aromatic hydroxyl groups is 3. The SMILES string of the molecule is CC.CCC.CCC.Oc1ccccc1.Oc1ccccc1.Oc1ccccc1. The number of benzene rings is 3. The second kappa shape index (κ2) is 27.3. The van der Waals surface area contributed by atoms with Crippen LogP contribution in [-0.2, 0) is 0 Å². The van der Waals surface area contributed by atoms with Crippen LogP contribution >= 0.6 is 0 Å². The Morgan fingerprint density at radius 1 is 0.414 bits per heavy atom. The summed E-state index contributed by atoms with van der Waals surface area (Å²) in [6, 6.07) is 26.1. The lowest BCUT2D eigenvalue weighted by atomic mass is 10.3. The molecule has 3 rings (SSSR count). The van der Waals surface area contributed by atoms with Gasteiger partial charge in [-0.3, -0.25) is 0 Å². The maximum absolute atomic E-state index is 8.63. The van der Waals surface area contributed by atoms with Crippen molar-refractivity contribution in [2.24, 2.45) is 0 Å². The van der Waals surface area contributed by atoms with Crippen molar-refractivity contribution >= 4 is 0 Å². The van der Waals surface area contributed by atoms with Crippen LogP contribution in [0.5, 0.6) is 17.2 Å². The number of hydrogen-bond donors (Lipinski definition) is 3. The van der Waals surface area contributed by atoms with Crippen molar-refractivity contribution in [1.82, 2.24) is 0 Å². The number of phenols is 3. The van der Waals surface area contributed by atoms with Crippen LogP contribution in [-0.4, -0.2) is 15.3 Å². The Morgan fingerprint density at radius 2 is 0.552 bits per heavy atom. The predicted molar refractivity (Wildman–Crippen MR) is 128 cm³/mol. The molecule has 3 aromatic rings. The molecule has 0 amide bonds. The van der Waals surface area contributed by atoms with Crippen LogP contribution in [0.1, 0.15) is 54.4 Å². The first kappa shape index (κ1) is 30.8. The van der Waals surface area contributed by atoms with Crippen molar-refractivity contribution in [2.75, 3.05) is 0 Å². The van der Waals surface area contributed by atoms with E-state index in [1.165, 1.54) is 12.8 Å². The van der Waals surface area contributed by atoms with E-state index < -0.39 is 0 Å². The first-order valence-electron chi connectivity index (χ1n) is 10.2. The van der Waals surface area contributed by atoms with Crippen molar-refractivity contribution in [3.8, 4) is 17.2 Å². The summed E-state index contributed by atoms with van der Waals surface area (Å²) in [6.07, 6.45) is 2.50. The highest BCUT2D eigenvalue weighted by Gasteiger charge is 1.76. The summed E-state index contributed by atoms with van der Waals surface area (Å²) in [7, 11) is 0. The average Bonchev–Trinajstić information content (AvgIpc) is 2.73. The summed E-state index contributed by atoms with van der Waals surface area (Å²) in [5.41, 5.74) is 0. The Labute approximate surface area is 178 Å². The van der Waals surface area contributed by atoms with Crippen molar-refractivity contribution < 1.29 is 15.3 Å². The van der Waals surface area contributed by atoms with E-state index in [1.54, 1.807) is 72.8 Å². The van der Waals surface area contributed by atoms with Gasteiger partial charge in [-0.25, -0.2) is 0 Å². The highest BCUT2D eigenvalue weighted by atomic mass is 16.3. The zero-order valence-electron chi connectivity index (χ0n) is 18.9. The molecule has 0 saturated carbocycles. The minimum atomic E-state index is 0.322. The van der Waals surface area contributed by atoms with E-state index in [-0.39, 0.29) is 0 Å².